The van der Waals surface area contributed by atoms with E-state index in [9.17, 15) is 14.4 Å². The first-order valence-corrected chi connectivity index (χ1v) is 4.36. The quantitative estimate of drug-likeness (QED) is 0.580. The molecular weight excluding hydrogens is 196 g/mol. The van der Waals surface area contributed by atoms with Crippen molar-refractivity contribution in [3.63, 3.8) is 0 Å². The fourth-order valence-corrected chi connectivity index (χ4v) is 1.08. The van der Waals surface area contributed by atoms with E-state index < -0.39 is 17.3 Å². The maximum absolute atomic E-state index is 11.2. The summed E-state index contributed by atoms with van der Waals surface area (Å²) in [4.78, 5) is 32.8. The standard InChI is InChI=1S/C11H10O4/c1-7(12)11(15)10(14)6-8-2-4-9(13)5-3-8/h2-5,13H,6H2,1H3. The molecule has 0 heterocycles. The summed E-state index contributed by atoms with van der Waals surface area (Å²) in [5, 5.41) is 8.98. The van der Waals surface area contributed by atoms with Crippen molar-refractivity contribution in [2.24, 2.45) is 0 Å². The van der Waals surface area contributed by atoms with Crippen molar-refractivity contribution >= 4 is 17.3 Å². The van der Waals surface area contributed by atoms with Gasteiger partial charge in [0.1, 0.15) is 5.75 Å². The number of aromatic hydroxyl groups is 1. The van der Waals surface area contributed by atoms with Crippen molar-refractivity contribution in [3.8, 4) is 5.75 Å². The predicted octanol–water partition coefficient (Wildman–Crippen LogP) is 0.662. The van der Waals surface area contributed by atoms with Gasteiger partial charge >= 0.3 is 0 Å². The Kier molecular flexibility index (Phi) is 3.33. The molecule has 0 aliphatic carbocycles. The highest BCUT2D eigenvalue weighted by Gasteiger charge is 2.18. The van der Waals surface area contributed by atoms with Crippen molar-refractivity contribution in [1.29, 1.82) is 0 Å². The molecule has 0 saturated carbocycles. The molecule has 1 rings (SSSR count). The molecule has 0 saturated heterocycles. The van der Waals surface area contributed by atoms with E-state index in [-0.39, 0.29) is 12.2 Å². The van der Waals surface area contributed by atoms with E-state index in [1.807, 2.05) is 0 Å². The largest absolute Gasteiger partial charge is 0.508 e. The highest BCUT2D eigenvalue weighted by molar-refractivity contribution is 6.63. The maximum Gasteiger partial charge on any atom is 0.264 e. The molecule has 0 amide bonds. The Morgan fingerprint density at radius 1 is 1.13 bits per heavy atom. The third kappa shape index (κ3) is 3.02. The number of carbonyl (C=O) groups excluding carboxylic acids is 3. The van der Waals surface area contributed by atoms with E-state index in [0.29, 0.717) is 5.56 Å². The molecule has 15 heavy (non-hydrogen) atoms. The fourth-order valence-electron chi connectivity index (χ4n) is 1.08. The summed E-state index contributed by atoms with van der Waals surface area (Å²) in [5.41, 5.74) is 0.590. The average Bonchev–Trinajstić information content (AvgIpc) is 2.20. The number of ketones is 3. The van der Waals surface area contributed by atoms with E-state index in [1.165, 1.54) is 24.3 Å². The Bertz CT molecular complexity index is 403. The molecule has 0 unspecified atom stereocenters. The molecule has 0 radical (unpaired) electrons. The van der Waals surface area contributed by atoms with Gasteiger partial charge in [-0.2, -0.15) is 0 Å². The summed E-state index contributed by atoms with van der Waals surface area (Å²) in [5.74, 6) is -2.38. The lowest BCUT2D eigenvalue weighted by atomic mass is 10.0. The number of hydrogen-bond acceptors (Lipinski definition) is 4. The molecule has 0 fully saturated rings. The molecule has 0 atom stereocenters. The lowest BCUT2D eigenvalue weighted by Crippen LogP contribution is -2.23. The van der Waals surface area contributed by atoms with Gasteiger partial charge in [-0.05, 0) is 17.7 Å². The van der Waals surface area contributed by atoms with E-state index in [0.717, 1.165) is 6.92 Å². The molecule has 0 bridgehead atoms. The molecule has 1 aromatic rings. The van der Waals surface area contributed by atoms with Gasteiger partial charge in [-0.1, -0.05) is 12.1 Å². The number of phenolic OH excluding ortho intramolecular Hbond substituents is 1. The summed E-state index contributed by atoms with van der Waals surface area (Å²) in [6.45, 7) is 1.07. The van der Waals surface area contributed by atoms with Gasteiger partial charge in [0.15, 0.2) is 0 Å². The topological polar surface area (TPSA) is 71.4 Å². The Labute approximate surface area is 86.5 Å². The second kappa shape index (κ2) is 4.50. The minimum absolute atomic E-state index is 0.0871. The van der Waals surface area contributed by atoms with Crippen LogP contribution in [0.25, 0.3) is 0 Å². The molecular formula is C11H10O4. The monoisotopic (exact) mass is 206 g/mol. The lowest BCUT2D eigenvalue weighted by Gasteiger charge is -1.98. The molecule has 1 aromatic carbocycles. The van der Waals surface area contributed by atoms with Crippen molar-refractivity contribution in [2.45, 2.75) is 13.3 Å². The molecule has 0 spiro atoms. The second-order valence-electron chi connectivity index (χ2n) is 3.15. The van der Waals surface area contributed by atoms with Crippen molar-refractivity contribution in [3.05, 3.63) is 29.8 Å². The zero-order valence-corrected chi connectivity index (χ0v) is 8.19. The van der Waals surface area contributed by atoms with Gasteiger partial charge < -0.3 is 5.11 Å². The summed E-state index contributed by atoms with van der Waals surface area (Å²) in [7, 11) is 0. The summed E-state index contributed by atoms with van der Waals surface area (Å²) in [6, 6.07) is 5.89. The fraction of sp³-hybridized carbons (Fsp3) is 0.182. The lowest BCUT2D eigenvalue weighted by molar-refractivity contribution is -0.143. The van der Waals surface area contributed by atoms with Gasteiger partial charge in [0.05, 0.1) is 0 Å². The first kappa shape index (κ1) is 11.1. The van der Waals surface area contributed by atoms with Crippen LogP contribution in [0.5, 0.6) is 5.75 Å². The van der Waals surface area contributed by atoms with Crippen LogP contribution in [0.3, 0.4) is 0 Å². The van der Waals surface area contributed by atoms with Crippen LogP contribution in [0.4, 0.5) is 0 Å². The highest BCUT2D eigenvalue weighted by Crippen LogP contribution is 2.10. The van der Waals surface area contributed by atoms with Gasteiger partial charge in [-0.25, -0.2) is 0 Å². The van der Waals surface area contributed by atoms with Crippen LogP contribution in [0.15, 0.2) is 24.3 Å². The molecule has 0 aromatic heterocycles. The van der Waals surface area contributed by atoms with Crippen molar-refractivity contribution < 1.29 is 19.5 Å². The first-order chi connectivity index (χ1) is 7.00. The van der Waals surface area contributed by atoms with E-state index in [2.05, 4.69) is 0 Å². The number of phenols is 1. The van der Waals surface area contributed by atoms with E-state index in [1.54, 1.807) is 0 Å². The Morgan fingerprint density at radius 3 is 2.13 bits per heavy atom. The Hall–Kier alpha value is -1.97. The second-order valence-corrected chi connectivity index (χ2v) is 3.15. The SMILES string of the molecule is CC(=O)C(=O)C(=O)Cc1ccc(O)cc1. The first-order valence-electron chi connectivity index (χ1n) is 4.36. The minimum Gasteiger partial charge on any atom is -0.508 e. The van der Waals surface area contributed by atoms with Crippen LogP contribution in [0, 0.1) is 0 Å². The minimum atomic E-state index is -0.983. The normalized spacial score (nSPS) is 9.67. The summed E-state index contributed by atoms with van der Waals surface area (Å²) in [6.07, 6.45) is -0.112. The zero-order valence-electron chi connectivity index (χ0n) is 8.19. The number of carbonyl (C=O) groups is 3. The molecule has 4 nitrogen and oxygen atoms in total. The molecule has 0 aliphatic heterocycles. The van der Waals surface area contributed by atoms with Gasteiger partial charge in [-0.3, -0.25) is 14.4 Å². The van der Waals surface area contributed by atoms with Crippen LogP contribution in [-0.4, -0.2) is 22.5 Å². The molecule has 1 N–H and O–H groups in total. The average molecular weight is 206 g/mol. The van der Waals surface area contributed by atoms with Crippen LogP contribution < -0.4 is 0 Å². The van der Waals surface area contributed by atoms with Gasteiger partial charge in [-0.15, -0.1) is 0 Å². The maximum atomic E-state index is 11.2. The Balaban J connectivity index is 2.71. The molecule has 78 valence electrons. The van der Waals surface area contributed by atoms with Crippen molar-refractivity contribution in [2.75, 3.05) is 0 Å². The summed E-state index contributed by atoms with van der Waals surface area (Å²) < 4.78 is 0. The van der Waals surface area contributed by atoms with Crippen LogP contribution in [0.2, 0.25) is 0 Å². The number of Topliss-reactive ketones (excluding diaryl/α,β-unsaturated/α-hetero) is 3. The summed E-state index contributed by atoms with van der Waals surface area (Å²) >= 11 is 0. The zero-order chi connectivity index (χ0) is 11.4. The van der Waals surface area contributed by atoms with Crippen molar-refractivity contribution in [1.82, 2.24) is 0 Å². The predicted molar refractivity (Wildman–Crippen MR) is 52.5 cm³/mol. The third-order valence-corrected chi connectivity index (χ3v) is 1.87. The third-order valence-electron chi connectivity index (χ3n) is 1.87. The van der Waals surface area contributed by atoms with Gasteiger partial charge in [0.25, 0.3) is 5.78 Å². The van der Waals surface area contributed by atoms with Gasteiger partial charge in [0.2, 0.25) is 11.6 Å². The van der Waals surface area contributed by atoms with Gasteiger partial charge in [0, 0.05) is 13.3 Å². The molecule has 0 aliphatic rings. The van der Waals surface area contributed by atoms with Crippen LogP contribution in [0.1, 0.15) is 12.5 Å². The number of rotatable bonds is 4. The number of benzene rings is 1. The van der Waals surface area contributed by atoms with Crippen LogP contribution >= 0.6 is 0 Å². The van der Waals surface area contributed by atoms with E-state index >= 15 is 0 Å². The Morgan fingerprint density at radius 2 is 1.67 bits per heavy atom. The molecule has 4 heteroatoms. The van der Waals surface area contributed by atoms with Crippen LogP contribution in [-0.2, 0) is 20.8 Å². The highest BCUT2D eigenvalue weighted by atomic mass is 16.3. The van der Waals surface area contributed by atoms with E-state index in [4.69, 9.17) is 5.11 Å². The smallest absolute Gasteiger partial charge is 0.264 e. The number of hydrogen-bond donors (Lipinski definition) is 1.